The summed E-state index contributed by atoms with van der Waals surface area (Å²) in [6, 6.07) is -6.09. The number of nitrogens with one attached hydrogen (secondary N) is 6. The Hall–Kier alpha value is -2.51. The molecule has 0 bridgehead atoms. The summed E-state index contributed by atoms with van der Waals surface area (Å²) in [4.78, 5) is 131. The number of rotatable bonds is 27. The molecule has 29 nitrogen and oxygen atoms in total. The second-order valence-electron chi connectivity index (χ2n) is 11.9. The van der Waals surface area contributed by atoms with Crippen LogP contribution in [0, 0.1) is 0 Å². The van der Waals surface area contributed by atoms with Crippen LogP contribution in [-0.2, 0) is 57.5 Å². The van der Waals surface area contributed by atoms with E-state index in [9.17, 15) is 83.1 Å². The number of aliphatic carboxylic acids is 6. The number of amides is 6. The summed E-state index contributed by atoms with van der Waals surface area (Å²) in [5, 5.41) is 73.1. The van der Waals surface area contributed by atoms with Gasteiger partial charge in [-0.1, -0.05) is 0 Å². The van der Waals surface area contributed by atoms with Gasteiger partial charge >= 0.3 is 94.6 Å². The standard InChI is InChI=1S/3C10H17N3O6S.3Na.2H2O/c3*11-5(10(18)19)1-2-7(14)13-6(4-20)9(17)12-3-8(15)16;;;;;/h3*5-6,20H,1-4,11H2,(H,12,17)(H,13,14)(H,15,16)(H,18,19);;;;2*1H2/q;;;3*+1;;/p-4. The number of carboxylic acid groups (broad SMARTS) is 6. The van der Waals surface area contributed by atoms with Gasteiger partial charge in [-0.3, -0.25) is 33.6 Å². The molecule has 0 aromatic rings. The van der Waals surface area contributed by atoms with Crippen molar-refractivity contribution >= 4 is 109 Å². The molecule has 358 valence electrons. The van der Waals surface area contributed by atoms with Crippen LogP contribution in [-0.4, -0.2) is 160 Å². The van der Waals surface area contributed by atoms with Gasteiger partial charge < -0.3 is 115 Å². The summed E-state index contributed by atoms with van der Waals surface area (Å²) in [5.74, 6) is -12.1. The molecule has 0 aromatic heterocycles. The Morgan fingerprint density at radius 3 is 0.831 bits per heavy atom. The second kappa shape index (κ2) is 46.6. The fourth-order valence-electron chi connectivity index (χ4n) is 3.50. The average Bonchev–Trinajstić information content (AvgIpc) is 3.18. The van der Waals surface area contributed by atoms with Crippen molar-refractivity contribution in [2.75, 3.05) is 36.9 Å². The van der Waals surface area contributed by atoms with Crippen LogP contribution >= 0.6 is 37.9 Å². The van der Waals surface area contributed by atoms with Crippen molar-refractivity contribution in [3.8, 4) is 0 Å². The first-order valence-corrected chi connectivity index (χ1v) is 19.0. The van der Waals surface area contributed by atoms with Crippen LogP contribution < -0.4 is 163 Å². The molecule has 0 aliphatic rings. The van der Waals surface area contributed by atoms with E-state index >= 15 is 0 Å². The number of hydrogen-bond donors (Lipinski definition) is 13. The average molecular weight is 1020 g/mol. The summed E-state index contributed by atoms with van der Waals surface area (Å²) in [6.07, 6.45) is -0.536. The Labute approximate surface area is 453 Å². The first kappa shape index (κ1) is 79.6. The minimum atomic E-state index is -1.46. The van der Waals surface area contributed by atoms with Crippen LogP contribution in [0.4, 0.5) is 0 Å². The van der Waals surface area contributed by atoms with Crippen molar-refractivity contribution in [2.24, 2.45) is 0 Å². The fourth-order valence-corrected chi connectivity index (χ4v) is 4.27. The maximum atomic E-state index is 11.5. The Balaban J connectivity index is -0.000000120. The molecule has 0 heterocycles. The van der Waals surface area contributed by atoms with Gasteiger partial charge in [0.25, 0.3) is 0 Å². The molecule has 0 fully saturated rings. The van der Waals surface area contributed by atoms with Gasteiger partial charge in [0.15, 0.2) is 0 Å². The van der Waals surface area contributed by atoms with Gasteiger partial charge in [0.1, 0.15) is 42.8 Å². The number of carbonyl (C=O) groups is 12. The van der Waals surface area contributed by atoms with Gasteiger partial charge in [0.05, 0.1) is 42.9 Å². The zero-order valence-electron chi connectivity index (χ0n) is 35.7. The molecule has 0 spiro atoms. The van der Waals surface area contributed by atoms with Crippen LogP contribution in [0.5, 0.6) is 0 Å². The zero-order chi connectivity index (χ0) is 47.1. The number of carboxylic acids is 6. The number of hydrogen-bond acceptors (Lipinski definition) is 22. The van der Waals surface area contributed by atoms with E-state index in [1.165, 1.54) is 0 Å². The van der Waals surface area contributed by atoms with Crippen molar-refractivity contribution in [3.63, 3.8) is 0 Å². The predicted octanol–water partition coefficient (Wildman–Crippen LogP) is -24.8. The van der Waals surface area contributed by atoms with Gasteiger partial charge in [-0.25, -0.2) is 0 Å². The first-order chi connectivity index (χ1) is 27.8. The van der Waals surface area contributed by atoms with Crippen molar-refractivity contribution in [1.29, 1.82) is 0 Å². The molecule has 0 saturated carbocycles. The maximum absolute atomic E-state index is 11.5. The van der Waals surface area contributed by atoms with Gasteiger partial charge in [-0.2, -0.15) is 37.9 Å². The van der Waals surface area contributed by atoms with Crippen LogP contribution in [0.25, 0.3) is 0 Å². The monoisotopic (exact) mass is 1020 g/mol. The van der Waals surface area contributed by atoms with Crippen molar-refractivity contribution in [2.45, 2.75) is 74.8 Å². The Kier molecular flexibility index (Phi) is 57.0. The van der Waals surface area contributed by atoms with E-state index in [4.69, 9.17) is 5.11 Å². The Morgan fingerprint density at radius 1 is 0.446 bits per heavy atom. The molecule has 6 unspecified atom stereocenters. The third kappa shape index (κ3) is 45.1. The van der Waals surface area contributed by atoms with Gasteiger partial charge in [-0.15, -0.1) is 0 Å². The molecule has 18 N–H and O–H groups in total. The SMILES string of the molecule is [NH3+]C(CCC(=O)NC(CS)C(=O)NCC(=O)O)C(=O)[O-].[NH3+]C(CCC(=O)NC(CS)C(=O)NCC(=O)[O-])C(=O)[O-].[NH3+]C(CCC(=O)NC(CS)C(=O)NCC(=O)[O-])C(=O)[O-].[Na+].[Na+].[Na+].[OH-].[OH-]. The topological polar surface area (TPSA) is 555 Å². The Bertz CT molecular complexity index is 1360. The summed E-state index contributed by atoms with van der Waals surface area (Å²) in [7, 11) is 0. The molecule has 0 rings (SSSR count). The van der Waals surface area contributed by atoms with Gasteiger partial charge in [0.2, 0.25) is 35.4 Å². The quantitative estimate of drug-likeness (QED) is 0.0268. The van der Waals surface area contributed by atoms with Crippen LogP contribution in [0.3, 0.4) is 0 Å². The minimum absolute atomic E-state index is 0. The van der Waals surface area contributed by atoms with Crippen molar-refractivity contribution < 1.29 is 205 Å². The fraction of sp³-hybridized carbons (Fsp3) is 0.600. The van der Waals surface area contributed by atoms with Crippen molar-refractivity contribution in [1.82, 2.24) is 31.9 Å². The normalized spacial score (nSPS) is 12.1. The summed E-state index contributed by atoms with van der Waals surface area (Å²) >= 11 is 11.6. The molecule has 0 aromatic carbocycles. The molecule has 0 aliphatic heterocycles. The maximum Gasteiger partial charge on any atom is 1.00 e. The van der Waals surface area contributed by atoms with E-state index in [2.05, 4.69) is 76.4 Å². The van der Waals surface area contributed by atoms with E-state index in [0.717, 1.165) is 0 Å². The minimum Gasteiger partial charge on any atom is -0.870 e. The largest absolute Gasteiger partial charge is 1.00 e. The summed E-state index contributed by atoms with van der Waals surface area (Å²) in [6.45, 7) is -1.92. The van der Waals surface area contributed by atoms with E-state index in [0.29, 0.717) is 0 Å². The van der Waals surface area contributed by atoms with Crippen LogP contribution in [0.15, 0.2) is 0 Å². The van der Waals surface area contributed by atoms with Crippen LogP contribution in [0.2, 0.25) is 0 Å². The molecule has 65 heavy (non-hydrogen) atoms. The molecule has 0 aliphatic carbocycles. The first-order valence-electron chi connectivity index (χ1n) is 17.1. The molecule has 35 heteroatoms. The molecule has 0 saturated heterocycles. The number of carbonyl (C=O) groups excluding carboxylic acids is 11. The van der Waals surface area contributed by atoms with Crippen LogP contribution in [0.1, 0.15) is 38.5 Å². The Morgan fingerprint density at radius 2 is 0.662 bits per heavy atom. The van der Waals surface area contributed by atoms with E-state index in [-0.39, 0.29) is 155 Å². The number of quaternary nitrogens is 3. The predicted molar refractivity (Wildman–Crippen MR) is 201 cm³/mol. The van der Waals surface area contributed by atoms with E-state index in [1.807, 2.05) is 10.6 Å². The molecule has 6 amide bonds. The van der Waals surface area contributed by atoms with Gasteiger partial charge in [0, 0.05) is 55.8 Å². The molecular formula is C30H51N9Na3O20S3-. The molecule has 0 radical (unpaired) electrons. The van der Waals surface area contributed by atoms with Crippen molar-refractivity contribution in [3.05, 3.63) is 0 Å². The number of thiol groups is 3. The molecule has 6 atom stereocenters. The third-order valence-electron chi connectivity index (χ3n) is 6.89. The molecular weight excluding hydrogens is 972 g/mol. The zero-order valence-corrected chi connectivity index (χ0v) is 44.4. The second-order valence-corrected chi connectivity index (χ2v) is 13.0. The smallest absolute Gasteiger partial charge is 0.870 e. The summed E-state index contributed by atoms with van der Waals surface area (Å²) < 4.78 is 0. The van der Waals surface area contributed by atoms with Gasteiger partial charge in [-0.05, 0) is 0 Å². The van der Waals surface area contributed by atoms with E-state index < -0.39 is 127 Å². The third-order valence-corrected chi connectivity index (χ3v) is 7.99. The van der Waals surface area contributed by atoms with E-state index in [1.54, 1.807) is 0 Å². The summed E-state index contributed by atoms with van der Waals surface area (Å²) in [5.41, 5.74) is 9.86.